The van der Waals surface area contributed by atoms with Crippen molar-refractivity contribution in [2.24, 2.45) is 7.05 Å². The van der Waals surface area contributed by atoms with Gasteiger partial charge in [0.2, 0.25) is 0 Å². The topological polar surface area (TPSA) is 76.7 Å². The molecule has 0 amide bonds. The highest BCUT2D eigenvalue weighted by molar-refractivity contribution is 5.55. The van der Waals surface area contributed by atoms with Gasteiger partial charge in [-0.1, -0.05) is 0 Å². The molecule has 2 aromatic rings. The van der Waals surface area contributed by atoms with Gasteiger partial charge in [0.25, 0.3) is 5.89 Å². The van der Waals surface area contributed by atoms with Crippen LogP contribution < -0.4 is 5.76 Å². The van der Waals surface area contributed by atoms with Gasteiger partial charge in [-0.05, 0) is 0 Å². The van der Waals surface area contributed by atoms with Crippen LogP contribution in [-0.4, -0.2) is 20.0 Å². The van der Waals surface area contributed by atoms with E-state index in [1.807, 2.05) is 5.10 Å². The number of aryl methyl sites for hydroxylation is 1. The maximum Gasteiger partial charge on any atom is 0.434 e. The summed E-state index contributed by atoms with van der Waals surface area (Å²) in [5.74, 6) is -1.36. The van der Waals surface area contributed by atoms with E-state index in [0.717, 1.165) is 13.2 Å². The Bertz CT molecular complexity index is 565. The zero-order valence-electron chi connectivity index (χ0n) is 7.87. The first-order valence-electron chi connectivity index (χ1n) is 4.04. The Morgan fingerprint density at radius 3 is 2.69 bits per heavy atom. The number of nitrogens with zero attached hydrogens (tertiary/aromatic N) is 3. The highest BCUT2D eigenvalue weighted by Gasteiger charge is 2.39. The minimum Gasteiger partial charge on any atom is -0.388 e. The molecule has 0 atom stereocenters. The Morgan fingerprint density at radius 2 is 2.19 bits per heavy atom. The molecular formula is C7H5F3N4O2. The van der Waals surface area contributed by atoms with E-state index in [1.165, 1.54) is 0 Å². The lowest BCUT2D eigenvalue weighted by molar-refractivity contribution is -0.143. The molecule has 0 aliphatic heterocycles. The fourth-order valence-electron chi connectivity index (χ4n) is 1.28. The normalized spacial score (nSPS) is 12.0. The van der Waals surface area contributed by atoms with Crippen LogP contribution >= 0.6 is 0 Å². The zero-order valence-corrected chi connectivity index (χ0v) is 7.87. The van der Waals surface area contributed by atoms with Crippen molar-refractivity contribution in [3.8, 4) is 11.5 Å². The molecule has 0 aromatic carbocycles. The van der Waals surface area contributed by atoms with Gasteiger partial charge in [0, 0.05) is 7.05 Å². The Hall–Kier alpha value is -2.06. The number of alkyl halides is 3. The summed E-state index contributed by atoms with van der Waals surface area (Å²) < 4.78 is 42.9. The lowest BCUT2D eigenvalue weighted by Crippen LogP contribution is -2.13. The van der Waals surface area contributed by atoms with Crippen LogP contribution in [0.4, 0.5) is 13.2 Å². The lowest BCUT2D eigenvalue weighted by atomic mass is 10.2. The van der Waals surface area contributed by atoms with Gasteiger partial charge < -0.3 is 4.42 Å². The van der Waals surface area contributed by atoms with Crippen molar-refractivity contribution in [3.05, 3.63) is 22.4 Å². The van der Waals surface area contributed by atoms with E-state index >= 15 is 0 Å². The molecule has 16 heavy (non-hydrogen) atoms. The SMILES string of the molecule is Cn1ncc(-c2n[nH]c(=O)o2)c1C(F)(F)F. The van der Waals surface area contributed by atoms with E-state index in [9.17, 15) is 18.0 Å². The lowest BCUT2D eigenvalue weighted by Gasteiger charge is -2.07. The average molecular weight is 234 g/mol. The van der Waals surface area contributed by atoms with E-state index in [0.29, 0.717) is 4.68 Å². The first-order valence-corrected chi connectivity index (χ1v) is 4.04. The Kier molecular flexibility index (Phi) is 2.10. The zero-order chi connectivity index (χ0) is 11.9. The molecule has 0 unspecified atom stereocenters. The van der Waals surface area contributed by atoms with E-state index in [4.69, 9.17) is 0 Å². The quantitative estimate of drug-likeness (QED) is 0.791. The molecule has 2 rings (SSSR count). The van der Waals surface area contributed by atoms with Gasteiger partial charge in [0.05, 0.1) is 11.8 Å². The molecule has 0 radical (unpaired) electrons. The Morgan fingerprint density at radius 1 is 1.50 bits per heavy atom. The molecule has 0 aliphatic carbocycles. The highest BCUT2D eigenvalue weighted by atomic mass is 19.4. The molecule has 0 saturated carbocycles. The molecular weight excluding hydrogens is 229 g/mol. The maximum absolute atomic E-state index is 12.6. The molecule has 0 saturated heterocycles. The summed E-state index contributed by atoms with van der Waals surface area (Å²) in [5, 5.41) is 8.64. The van der Waals surface area contributed by atoms with Crippen LogP contribution in [0.2, 0.25) is 0 Å². The summed E-state index contributed by atoms with van der Waals surface area (Å²) >= 11 is 0. The predicted molar refractivity (Wildman–Crippen MR) is 44.3 cm³/mol. The first-order chi connectivity index (χ1) is 7.39. The van der Waals surface area contributed by atoms with Gasteiger partial charge in [-0.3, -0.25) is 4.68 Å². The van der Waals surface area contributed by atoms with E-state index in [-0.39, 0.29) is 5.56 Å². The number of rotatable bonds is 1. The van der Waals surface area contributed by atoms with Crippen LogP contribution in [0.25, 0.3) is 11.5 Å². The van der Waals surface area contributed by atoms with Crippen molar-refractivity contribution in [2.75, 3.05) is 0 Å². The number of nitrogens with one attached hydrogen (secondary N) is 1. The molecule has 2 aromatic heterocycles. The van der Waals surface area contributed by atoms with Crippen LogP contribution in [0.3, 0.4) is 0 Å². The number of aromatic amines is 1. The molecule has 0 aliphatic rings. The molecule has 6 nitrogen and oxygen atoms in total. The standard InChI is InChI=1S/C7H5F3N4O2/c1-14-4(7(8,9)10)3(2-11-14)5-12-13-6(15)16-5/h2H,1H3,(H,13,15). The van der Waals surface area contributed by atoms with Gasteiger partial charge >= 0.3 is 11.9 Å². The smallest absolute Gasteiger partial charge is 0.388 e. The second-order valence-electron chi connectivity index (χ2n) is 2.95. The van der Waals surface area contributed by atoms with E-state index in [1.54, 1.807) is 0 Å². The minimum absolute atomic E-state index is 0.381. The van der Waals surface area contributed by atoms with Gasteiger partial charge in [-0.25, -0.2) is 9.89 Å². The monoisotopic (exact) mass is 234 g/mol. The highest BCUT2D eigenvalue weighted by Crippen LogP contribution is 2.35. The summed E-state index contributed by atoms with van der Waals surface area (Å²) in [6.07, 6.45) is -3.67. The van der Waals surface area contributed by atoms with Crippen LogP contribution in [-0.2, 0) is 13.2 Å². The third-order valence-electron chi connectivity index (χ3n) is 1.88. The fourth-order valence-corrected chi connectivity index (χ4v) is 1.28. The second-order valence-corrected chi connectivity index (χ2v) is 2.95. The van der Waals surface area contributed by atoms with Crippen molar-refractivity contribution in [3.63, 3.8) is 0 Å². The van der Waals surface area contributed by atoms with Gasteiger partial charge in [0.15, 0.2) is 5.69 Å². The van der Waals surface area contributed by atoms with Crippen LogP contribution in [0, 0.1) is 0 Å². The minimum atomic E-state index is -4.60. The van der Waals surface area contributed by atoms with Crippen molar-refractivity contribution >= 4 is 0 Å². The predicted octanol–water partition coefficient (Wildman–Crippen LogP) is 0.782. The summed E-state index contributed by atoms with van der Waals surface area (Å²) in [7, 11) is 1.14. The third-order valence-corrected chi connectivity index (χ3v) is 1.88. The molecule has 9 heteroatoms. The summed E-state index contributed by atoms with van der Waals surface area (Å²) in [4.78, 5) is 10.6. The third kappa shape index (κ3) is 1.59. The number of H-pyrrole nitrogens is 1. The number of halogens is 3. The van der Waals surface area contributed by atoms with Crippen LogP contribution in [0.15, 0.2) is 15.4 Å². The number of hydrogen-bond acceptors (Lipinski definition) is 4. The van der Waals surface area contributed by atoms with E-state index < -0.39 is 23.5 Å². The average Bonchev–Trinajstić information content (AvgIpc) is 2.70. The van der Waals surface area contributed by atoms with E-state index in [2.05, 4.69) is 14.6 Å². The molecule has 0 spiro atoms. The Balaban J connectivity index is 2.63. The summed E-state index contributed by atoms with van der Waals surface area (Å²) in [6.45, 7) is 0. The largest absolute Gasteiger partial charge is 0.434 e. The Labute approximate surface area is 85.7 Å². The maximum atomic E-state index is 12.6. The fraction of sp³-hybridized carbons (Fsp3) is 0.286. The molecule has 2 heterocycles. The number of hydrogen-bond donors (Lipinski definition) is 1. The van der Waals surface area contributed by atoms with Crippen LogP contribution in [0.1, 0.15) is 5.69 Å². The van der Waals surface area contributed by atoms with Crippen molar-refractivity contribution in [1.29, 1.82) is 0 Å². The summed E-state index contributed by atoms with van der Waals surface area (Å²) in [6, 6.07) is 0. The van der Waals surface area contributed by atoms with Gasteiger partial charge in [-0.2, -0.15) is 18.3 Å². The molecule has 0 fully saturated rings. The molecule has 0 bridgehead atoms. The summed E-state index contributed by atoms with van der Waals surface area (Å²) in [5.41, 5.74) is -1.41. The molecule has 86 valence electrons. The first kappa shape index (κ1) is 10.5. The second kappa shape index (κ2) is 3.22. The number of aromatic nitrogens is 4. The van der Waals surface area contributed by atoms with Crippen molar-refractivity contribution < 1.29 is 17.6 Å². The van der Waals surface area contributed by atoms with Gasteiger partial charge in [0.1, 0.15) is 0 Å². The van der Waals surface area contributed by atoms with Crippen molar-refractivity contribution in [1.82, 2.24) is 20.0 Å². The van der Waals surface area contributed by atoms with Gasteiger partial charge in [-0.15, -0.1) is 5.10 Å². The van der Waals surface area contributed by atoms with Crippen LogP contribution in [0.5, 0.6) is 0 Å². The van der Waals surface area contributed by atoms with Crippen molar-refractivity contribution in [2.45, 2.75) is 6.18 Å². The molecule has 1 N–H and O–H groups in total.